The summed E-state index contributed by atoms with van der Waals surface area (Å²) in [6.45, 7) is 8.99. The van der Waals surface area contributed by atoms with Gasteiger partial charge in [0.05, 0.1) is 18.8 Å². The second kappa shape index (κ2) is 10.1. The number of pyridine rings is 1. The number of aromatic nitrogens is 2. The van der Waals surface area contributed by atoms with Gasteiger partial charge in [-0.05, 0) is 43.7 Å². The maximum atomic E-state index is 5.76. The molecule has 0 atom stereocenters. The van der Waals surface area contributed by atoms with Crippen LogP contribution in [0.1, 0.15) is 56.2 Å². The van der Waals surface area contributed by atoms with Crippen molar-refractivity contribution in [1.29, 1.82) is 0 Å². The van der Waals surface area contributed by atoms with Crippen LogP contribution in [0.2, 0.25) is 0 Å². The van der Waals surface area contributed by atoms with Gasteiger partial charge in [0, 0.05) is 37.3 Å². The van der Waals surface area contributed by atoms with Crippen molar-refractivity contribution in [3.8, 4) is 5.88 Å². The predicted molar refractivity (Wildman–Crippen MR) is 109 cm³/mol. The summed E-state index contributed by atoms with van der Waals surface area (Å²) in [5, 5.41) is 10.9. The lowest BCUT2D eigenvalue weighted by molar-refractivity contribution is 0.288. The molecular weight excluding hydrogens is 354 g/mol. The minimum Gasteiger partial charge on any atom is -0.477 e. The van der Waals surface area contributed by atoms with E-state index in [1.807, 2.05) is 12.1 Å². The lowest BCUT2D eigenvalue weighted by atomic mass is 10.1. The monoisotopic (exact) mass is 385 g/mol. The van der Waals surface area contributed by atoms with Gasteiger partial charge in [0.1, 0.15) is 5.76 Å². The van der Waals surface area contributed by atoms with Crippen LogP contribution in [0.3, 0.4) is 0 Å². The van der Waals surface area contributed by atoms with E-state index in [1.165, 1.54) is 12.8 Å². The SMILES string of the molecule is CCNC(=NCc1ccnc(OCC2CC2)c1)NCc1c(CC)noc1CC. The fourth-order valence-electron chi connectivity index (χ4n) is 2.94. The minimum atomic E-state index is 0.558. The highest BCUT2D eigenvalue weighted by Gasteiger charge is 2.22. The van der Waals surface area contributed by atoms with Crippen LogP contribution in [0.5, 0.6) is 5.88 Å². The molecule has 2 aromatic heterocycles. The summed E-state index contributed by atoms with van der Waals surface area (Å²) >= 11 is 0. The Bertz CT molecular complexity index is 761. The zero-order valence-corrected chi connectivity index (χ0v) is 17.1. The zero-order chi connectivity index (χ0) is 19.8. The van der Waals surface area contributed by atoms with Gasteiger partial charge >= 0.3 is 0 Å². The van der Waals surface area contributed by atoms with Crippen LogP contribution in [-0.4, -0.2) is 29.3 Å². The minimum absolute atomic E-state index is 0.558. The van der Waals surface area contributed by atoms with E-state index in [0.717, 1.165) is 54.5 Å². The van der Waals surface area contributed by atoms with E-state index < -0.39 is 0 Å². The van der Waals surface area contributed by atoms with Crippen molar-refractivity contribution in [3.05, 3.63) is 40.9 Å². The van der Waals surface area contributed by atoms with Gasteiger partial charge < -0.3 is 19.9 Å². The Morgan fingerprint density at radius 2 is 2.11 bits per heavy atom. The molecule has 1 aliphatic rings. The molecule has 7 nitrogen and oxygen atoms in total. The van der Waals surface area contributed by atoms with E-state index in [2.05, 4.69) is 41.5 Å². The molecule has 2 N–H and O–H groups in total. The quantitative estimate of drug-likeness (QED) is 0.482. The first-order chi connectivity index (χ1) is 13.7. The summed E-state index contributed by atoms with van der Waals surface area (Å²) in [7, 11) is 0. The van der Waals surface area contributed by atoms with Crippen LogP contribution in [0.15, 0.2) is 27.8 Å². The third-order valence-electron chi connectivity index (χ3n) is 4.77. The molecule has 0 aliphatic heterocycles. The third-order valence-corrected chi connectivity index (χ3v) is 4.77. The number of hydrogen-bond donors (Lipinski definition) is 2. The molecule has 0 amide bonds. The number of ether oxygens (including phenoxy) is 1. The van der Waals surface area contributed by atoms with Gasteiger partial charge in [0.2, 0.25) is 5.88 Å². The van der Waals surface area contributed by atoms with Gasteiger partial charge in [-0.25, -0.2) is 9.98 Å². The van der Waals surface area contributed by atoms with Crippen LogP contribution in [0, 0.1) is 5.92 Å². The maximum absolute atomic E-state index is 5.76. The Morgan fingerprint density at radius 3 is 2.82 bits per heavy atom. The van der Waals surface area contributed by atoms with Crippen LogP contribution >= 0.6 is 0 Å². The smallest absolute Gasteiger partial charge is 0.213 e. The van der Waals surface area contributed by atoms with E-state index in [1.54, 1.807) is 6.20 Å². The molecule has 1 aliphatic carbocycles. The second-order valence-electron chi connectivity index (χ2n) is 7.04. The number of guanidine groups is 1. The lowest BCUT2D eigenvalue weighted by Crippen LogP contribution is -2.37. The summed E-state index contributed by atoms with van der Waals surface area (Å²) in [6, 6.07) is 3.95. The average molecular weight is 386 g/mol. The van der Waals surface area contributed by atoms with E-state index in [-0.39, 0.29) is 0 Å². The Balaban J connectivity index is 1.61. The molecule has 2 heterocycles. The molecule has 0 saturated heterocycles. The molecule has 0 unspecified atom stereocenters. The number of nitrogens with one attached hydrogen (secondary N) is 2. The number of hydrogen-bond acceptors (Lipinski definition) is 5. The molecule has 0 aromatic carbocycles. The van der Waals surface area contributed by atoms with Crippen molar-refractivity contribution >= 4 is 5.96 Å². The molecule has 28 heavy (non-hydrogen) atoms. The Hall–Kier alpha value is -2.57. The normalized spacial score (nSPS) is 14.2. The first-order valence-electron chi connectivity index (χ1n) is 10.3. The number of nitrogens with zero attached hydrogens (tertiary/aromatic N) is 3. The predicted octanol–water partition coefficient (Wildman–Crippen LogP) is 3.24. The summed E-state index contributed by atoms with van der Waals surface area (Å²) < 4.78 is 11.2. The van der Waals surface area contributed by atoms with Crippen molar-refractivity contribution < 1.29 is 9.26 Å². The van der Waals surface area contributed by atoms with Gasteiger partial charge in [-0.15, -0.1) is 0 Å². The standard InChI is InChI=1S/C21H31N5O2/c1-4-18-17(19(5-2)28-26-18)13-25-21(22-6-3)24-12-16-9-10-23-20(11-16)27-14-15-7-8-15/h9-11,15H,4-8,12-14H2,1-3H3,(H2,22,24,25). The van der Waals surface area contributed by atoms with E-state index in [0.29, 0.717) is 24.9 Å². The Morgan fingerprint density at radius 1 is 1.25 bits per heavy atom. The molecule has 7 heteroatoms. The van der Waals surface area contributed by atoms with Crippen LogP contribution < -0.4 is 15.4 Å². The van der Waals surface area contributed by atoms with Gasteiger partial charge in [-0.3, -0.25) is 0 Å². The van der Waals surface area contributed by atoms with Crippen molar-refractivity contribution in [2.24, 2.45) is 10.9 Å². The molecule has 3 rings (SSSR count). The summed E-state index contributed by atoms with van der Waals surface area (Å²) in [5.74, 6) is 3.10. The topological polar surface area (TPSA) is 84.6 Å². The van der Waals surface area contributed by atoms with Gasteiger partial charge in [0.25, 0.3) is 0 Å². The van der Waals surface area contributed by atoms with Crippen molar-refractivity contribution in [2.45, 2.75) is 59.5 Å². The van der Waals surface area contributed by atoms with Crippen molar-refractivity contribution in [3.63, 3.8) is 0 Å². The molecule has 0 spiro atoms. The molecule has 1 fully saturated rings. The highest BCUT2D eigenvalue weighted by atomic mass is 16.5. The number of aryl methyl sites for hydroxylation is 2. The Kier molecular flexibility index (Phi) is 7.28. The highest BCUT2D eigenvalue weighted by Crippen LogP contribution is 2.29. The van der Waals surface area contributed by atoms with Gasteiger partial charge in [-0.2, -0.15) is 0 Å². The molecule has 1 saturated carbocycles. The number of rotatable bonds is 10. The van der Waals surface area contributed by atoms with Crippen LogP contribution in [0.25, 0.3) is 0 Å². The molecular formula is C21H31N5O2. The molecule has 0 bridgehead atoms. The lowest BCUT2D eigenvalue weighted by Gasteiger charge is -2.12. The molecule has 2 aromatic rings. The fraction of sp³-hybridized carbons (Fsp3) is 0.571. The van der Waals surface area contributed by atoms with Crippen molar-refractivity contribution in [1.82, 2.24) is 20.8 Å². The van der Waals surface area contributed by atoms with Gasteiger partial charge in [-0.1, -0.05) is 19.0 Å². The second-order valence-corrected chi connectivity index (χ2v) is 7.04. The zero-order valence-electron chi connectivity index (χ0n) is 17.1. The summed E-state index contributed by atoms with van der Waals surface area (Å²) in [6.07, 6.45) is 6.01. The Labute approximate surface area is 167 Å². The van der Waals surface area contributed by atoms with Gasteiger partial charge in [0.15, 0.2) is 5.96 Å². The van der Waals surface area contributed by atoms with E-state index in [4.69, 9.17) is 14.3 Å². The van der Waals surface area contributed by atoms with E-state index in [9.17, 15) is 0 Å². The highest BCUT2D eigenvalue weighted by molar-refractivity contribution is 5.79. The fourth-order valence-corrected chi connectivity index (χ4v) is 2.94. The number of aliphatic imine (C=N–C) groups is 1. The van der Waals surface area contributed by atoms with Crippen LogP contribution in [-0.2, 0) is 25.9 Å². The van der Waals surface area contributed by atoms with Crippen molar-refractivity contribution in [2.75, 3.05) is 13.2 Å². The summed E-state index contributed by atoms with van der Waals surface area (Å²) in [5.41, 5.74) is 3.22. The third kappa shape index (κ3) is 5.71. The maximum Gasteiger partial charge on any atom is 0.213 e. The first-order valence-corrected chi connectivity index (χ1v) is 10.3. The largest absolute Gasteiger partial charge is 0.477 e. The first kappa shape index (κ1) is 20.2. The van der Waals surface area contributed by atoms with E-state index >= 15 is 0 Å². The average Bonchev–Trinajstić information content (AvgIpc) is 3.47. The molecule has 0 radical (unpaired) electrons. The summed E-state index contributed by atoms with van der Waals surface area (Å²) in [4.78, 5) is 8.99. The molecule has 152 valence electrons. The van der Waals surface area contributed by atoms with Crippen LogP contribution in [0.4, 0.5) is 0 Å².